The number of carbonyl (C=O) groups excluding carboxylic acids is 3. The van der Waals surface area contributed by atoms with Crippen LogP contribution in [0, 0.1) is 23.7 Å². The fourth-order valence-corrected chi connectivity index (χ4v) is 6.94. The number of aromatic amines is 1. The third kappa shape index (κ3) is 16.1. The Morgan fingerprint density at radius 3 is 2.12 bits per heavy atom. The average Bonchev–Trinajstić information content (AvgIpc) is 3.83. The highest BCUT2D eigenvalue weighted by atomic mass is 32.2. The van der Waals surface area contributed by atoms with E-state index >= 15 is 0 Å². The first-order valence-electron chi connectivity index (χ1n) is 19.5. The summed E-state index contributed by atoms with van der Waals surface area (Å²) in [6.45, 7) is 8.85. The zero-order chi connectivity index (χ0) is 49.6. The topological polar surface area (TPSA) is 281 Å². The number of ether oxygens (including phenoxy) is 4. The van der Waals surface area contributed by atoms with Crippen molar-refractivity contribution in [1.82, 2.24) is 30.4 Å². The summed E-state index contributed by atoms with van der Waals surface area (Å²) >= 11 is 1.49. The van der Waals surface area contributed by atoms with Crippen LogP contribution in [0.3, 0.4) is 0 Å². The molecule has 0 bridgehead atoms. The maximum atomic E-state index is 12.5. The van der Waals surface area contributed by atoms with Gasteiger partial charge in [0.1, 0.15) is 37.0 Å². The average molecular weight is 986 g/mol. The first-order chi connectivity index (χ1) is 30.7. The van der Waals surface area contributed by atoms with Gasteiger partial charge >= 0.3 is 35.9 Å². The molecule has 4 amide bonds. The summed E-state index contributed by atoms with van der Waals surface area (Å²) in [5.74, 6) is 5.37. The van der Waals surface area contributed by atoms with Crippen molar-refractivity contribution >= 4 is 37.9 Å². The highest BCUT2D eigenvalue weighted by Gasteiger charge is 2.44. The smallest absolute Gasteiger partial charge is 0.414 e. The number of halogens is 6. The van der Waals surface area contributed by atoms with Crippen molar-refractivity contribution in [2.75, 3.05) is 45.2 Å². The first-order valence-corrected chi connectivity index (χ1v) is 23.8. The molecular weight excluding hydrogens is 937 g/mol. The molecule has 0 aromatic carbocycles. The largest absolute Gasteiger partial charge is 0.471 e. The van der Waals surface area contributed by atoms with E-state index in [9.17, 15) is 60.5 Å². The number of rotatable bonds is 14. The van der Waals surface area contributed by atoms with Crippen molar-refractivity contribution in [2.24, 2.45) is 5.11 Å². The number of azide groups is 1. The molecule has 7 unspecified atom stereocenters. The summed E-state index contributed by atoms with van der Waals surface area (Å²) in [5.41, 5.74) is 6.51. The fourth-order valence-electron chi connectivity index (χ4n) is 5.61. The van der Waals surface area contributed by atoms with Crippen molar-refractivity contribution in [3.8, 4) is 23.7 Å². The summed E-state index contributed by atoms with van der Waals surface area (Å²) < 4.78 is 103. The second-order valence-electron chi connectivity index (χ2n) is 15.7. The minimum absolute atomic E-state index is 0.0103. The molecule has 7 atom stereocenters. The van der Waals surface area contributed by atoms with Crippen LogP contribution in [0.5, 0.6) is 0 Å². The lowest BCUT2D eigenvalue weighted by atomic mass is 10.1. The molecule has 1 aromatic rings. The molecule has 21 nitrogen and oxygen atoms in total. The van der Waals surface area contributed by atoms with Gasteiger partial charge in [0.2, 0.25) is 0 Å². The van der Waals surface area contributed by atoms with Gasteiger partial charge < -0.3 is 49.5 Å². The van der Waals surface area contributed by atoms with Crippen LogP contribution in [0.4, 0.5) is 31.1 Å². The predicted octanol–water partition coefficient (Wildman–Crippen LogP) is 2.24. The number of aliphatic hydroxyl groups is 2. The maximum Gasteiger partial charge on any atom is 0.471 e. The summed E-state index contributed by atoms with van der Waals surface area (Å²) in [6.07, 6.45) is -11.0. The second-order valence-corrected chi connectivity index (χ2v) is 21.3. The zero-order valence-corrected chi connectivity index (χ0v) is 38.1. The number of hydrogen-bond acceptors (Lipinski definition) is 14. The Kier molecular flexibility index (Phi) is 20.2. The molecule has 4 rings (SSSR count). The number of nitrogens with one attached hydrogen (secondary N) is 4. The van der Waals surface area contributed by atoms with E-state index < -0.39 is 106 Å². The van der Waals surface area contributed by atoms with Crippen LogP contribution in [-0.4, -0.2) is 145 Å². The van der Waals surface area contributed by atoms with Gasteiger partial charge in [0.15, 0.2) is 14.5 Å². The number of aromatic nitrogens is 2. The number of urea groups is 1. The van der Waals surface area contributed by atoms with Crippen LogP contribution in [0.25, 0.3) is 10.4 Å². The van der Waals surface area contributed by atoms with E-state index in [1.165, 1.54) is 22.5 Å². The molecule has 3 aliphatic rings. The van der Waals surface area contributed by atoms with Crippen LogP contribution in [0.15, 0.2) is 32.7 Å². The second kappa shape index (κ2) is 24.1. The molecular formula is C37H49F6N9O12SSi. The van der Waals surface area contributed by atoms with Gasteiger partial charge in [-0.2, -0.15) is 26.3 Å². The van der Waals surface area contributed by atoms with E-state index in [-0.39, 0.29) is 42.0 Å². The molecule has 0 spiro atoms. The van der Waals surface area contributed by atoms with E-state index in [2.05, 4.69) is 77.9 Å². The standard InChI is InChI=1S/C22H32F3N3O6SSi.C15H17F3N6O6/c1-21(2,3)36(5,6)33-12-16-15(32-13-35-4)10-17(34-16)28-11-14(18(29)27-20(28)31)8-7-9-26-19(30)22(23,24)25;16-15(17,18)13(27)20-3-1-2-8-5-24(14(28)22-12(8)26)11-4-9(10(6-25)30-11)29-7-21-23-19/h11,15-17H,9-10,12-13H2,1-6H3,(H,26,30)(H,27,29,31);5,9-12,25-26H,3-4,6-7H2,(H,20,27)(H,22,28). The van der Waals surface area contributed by atoms with Gasteiger partial charge in [-0.3, -0.25) is 28.8 Å². The normalized spacial score (nSPS) is 23.1. The monoisotopic (exact) mass is 985 g/mol. The fraction of sp³-hybridized carbons (Fsp3) is 0.649. The number of aliphatic hydroxyl groups excluding tert-OH is 2. The molecule has 29 heteroatoms. The van der Waals surface area contributed by atoms with E-state index in [1.54, 1.807) is 10.6 Å². The van der Waals surface area contributed by atoms with Crippen LogP contribution in [0.2, 0.25) is 18.1 Å². The first kappa shape index (κ1) is 55.3. The lowest BCUT2D eigenvalue weighted by molar-refractivity contribution is -0.173. The minimum Gasteiger partial charge on any atom is -0.414 e. The van der Waals surface area contributed by atoms with Gasteiger partial charge in [0.05, 0.1) is 50.0 Å². The quantitative estimate of drug-likeness (QED) is 0.0297. The van der Waals surface area contributed by atoms with Gasteiger partial charge in [-0.15, -0.1) is 11.8 Å². The summed E-state index contributed by atoms with van der Waals surface area (Å²) in [5, 5.41) is 27.8. The Bertz CT molecular complexity index is 2210. The van der Waals surface area contributed by atoms with Gasteiger partial charge in [-0.1, -0.05) is 49.6 Å². The van der Waals surface area contributed by atoms with Gasteiger partial charge in [-0.25, -0.2) is 9.59 Å². The number of carbonyl (C=O) groups is 3. The summed E-state index contributed by atoms with van der Waals surface area (Å²) in [7, 11) is -2.08. The van der Waals surface area contributed by atoms with Crippen LogP contribution in [0.1, 0.15) is 45.4 Å². The third-order valence-corrected chi connectivity index (χ3v) is 14.9. The van der Waals surface area contributed by atoms with Crippen molar-refractivity contribution in [2.45, 2.75) is 107 Å². The molecule has 0 saturated carbocycles. The van der Waals surface area contributed by atoms with E-state index in [0.717, 1.165) is 11.1 Å². The maximum absolute atomic E-state index is 12.5. The third-order valence-electron chi connectivity index (χ3n) is 10.1. The lowest BCUT2D eigenvalue weighted by Crippen LogP contribution is -2.51. The Morgan fingerprint density at radius 2 is 1.56 bits per heavy atom. The van der Waals surface area contributed by atoms with E-state index in [1.807, 2.05) is 6.26 Å². The van der Waals surface area contributed by atoms with Gasteiger partial charge in [0.25, 0.3) is 5.56 Å². The van der Waals surface area contributed by atoms with E-state index in [4.69, 9.17) is 28.9 Å². The Labute approximate surface area is 378 Å². The van der Waals surface area contributed by atoms with Crippen LogP contribution < -0.4 is 27.2 Å². The molecule has 0 aliphatic carbocycles. The van der Waals surface area contributed by atoms with Crippen molar-refractivity contribution in [1.29, 1.82) is 0 Å². The van der Waals surface area contributed by atoms with E-state index in [0.29, 0.717) is 12.4 Å². The molecule has 4 heterocycles. The molecule has 1 aromatic heterocycles. The number of amides is 4. The Morgan fingerprint density at radius 1 is 0.985 bits per heavy atom. The van der Waals surface area contributed by atoms with Gasteiger partial charge in [-0.05, 0) is 29.9 Å². The molecule has 0 radical (unpaired) electrons. The molecule has 66 heavy (non-hydrogen) atoms. The van der Waals surface area contributed by atoms with Crippen LogP contribution in [-0.2, 0) is 33.0 Å². The SMILES string of the molecule is CSCOC1CC(n2cc(C#CCNC(=O)C(F)(F)F)c(=O)[nH]c2=O)OC1CO[Si](C)(C)C(C)(C)C.[N-]=[N+]=NCOC1CC(N2C=C(C#CCNC(=O)C(F)(F)F)C(O)NC2=O)OC1CO. The highest BCUT2D eigenvalue weighted by molar-refractivity contribution is 7.98. The summed E-state index contributed by atoms with van der Waals surface area (Å²) in [6, 6.07) is -0.754. The molecule has 2 fully saturated rings. The van der Waals surface area contributed by atoms with Crippen molar-refractivity contribution in [3.63, 3.8) is 0 Å². The number of H-pyrrole nitrogens is 1. The minimum atomic E-state index is -5.05. The molecule has 366 valence electrons. The van der Waals surface area contributed by atoms with Gasteiger partial charge in [0, 0.05) is 30.2 Å². The van der Waals surface area contributed by atoms with Crippen molar-refractivity contribution in [3.05, 3.63) is 54.8 Å². The molecule has 3 aliphatic heterocycles. The number of thioether (sulfide) groups is 1. The lowest BCUT2D eigenvalue weighted by Gasteiger charge is -2.37. The molecule has 6 N–H and O–H groups in total. The number of hydrogen-bond donors (Lipinski definition) is 6. The summed E-state index contributed by atoms with van der Waals surface area (Å²) in [4.78, 5) is 64.1. The Hall–Kier alpha value is -5.07. The highest BCUT2D eigenvalue weighted by Crippen LogP contribution is 2.38. The van der Waals surface area contributed by atoms with Crippen LogP contribution >= 0.6 is 11.8 Å². The zero-order valence-electron chi connectivity index (χ0n) is 36.2. The number of alkyl halides is 6. The van der Waals surface area contributed by atoms with Crippen molar-refractivity contribution < 1.29 is 74.3 Å². The molecule has 2 saturated heterocycles. The Balaban J connectivity index is 0.000000356. The predicted molar refractivity (Wildman–Crippen MR) is 223 cm³/mol. The number of nitrogens with zero attached hydrogens (tertiary/aromatic N) is 5.